The van der Waals surface area contributed by atoms with Crippen LogP contribution in [0.25, 0.3) is 22.4 Å². The number of benzene rings is 1. The fraction of sp³-hybridized carbons (Fsp3) is 0.424. The maximum Gasteiger partial charge on any atom is 0.304 e. The topological polar surface area (TPSA) is 124 Å². The molecule has 43 heavy (non-hydrogen) atoms. The first-order chi connectivity index (χ1) is 20.9. The molecule has 1 saturated heterocycles. The Morgan fingerprint density at radius 2 is 1.84 bits per heavy atom. The molecule has 1 aromatic carbocycles. The van der Waals surface area contributed by atoms with E-state index in [1.807, 2.05) is 53.9 Å². The third-order valence-electron chi connectivity index (χ3n) is 9.07. The van der Waals surface area contributed by atoms with Crippen LogP contribution in [-0.2, 0) is 14.4 Å². The molecule has 3 atom stereocenters. The summed E-state index contributed by atoms with van der Waals surface area (Å²) in [4.78, 5) is 51.1. The smallest absolute Gasteiger partial charge is 0.304 e. The van der Waals surface area contributed by atoms with E-state index < -0.39 is 17.9 Å². The van der Waals surface area contributed by atoms with Crippen LogP contribution in [0.2, 0.25) is 0 Å². The number of aliphatic hydroxyl groups is 1. The highest BCUT2D eigenvalue weighted by atomic mass is 32.1. The Kier molecular flexibility index (Phi) is 8.67. The van der Waals surface area contributed by atoms with Gasteiger partial charge in [-0.15, -0.1) is 11.3 Å². The Balaban J connectivity index is 1.33. The molecule has 2 aliphatic heterocycles. The molecule has 1 saturated carbocycles. The fourth-order valence-electron chi connectivity index (χ4n) is 6.93. The van der Waals surface area contributed by atoms with Gasteiger partial charge in [-0.05, 0) is 42.4 Å². The summed E-state index contributed by atoms with van der Waals surface area (Å²) in [5.41, 5.74) is 3.32. The van der Waals surface area contributed by atoms with Crippen molar-refractivity contribution in [2.45, 2.75) is 57.4 Å². The highest BCUT2D eigenvalue weighted by molar-refractivity contribution is 7.14. The number of aliphatic hydroxyl groups excluding tert-OH is 1. The normalized spacial score (nSPS) is 23.1. The van der Waals surface area contributed by atoms with Gasteiger partial charge >= 0.3 is 5.97 Å². The van der Waals surface area contributed by atoms with Crippen LogP contribution in [0, 0.1) is 17.8 Å². The molecule has 0 spiro atoms. The van der Waals surface area contributed by atoms with Gasteiger partial charge in [-0.2, -0.15) is 0 Å². The Morgan fingerprint density at radius 1 is 1.05 bits per heavy atom. The number of aliphatic carboxylic acids is 1. The van der Waals surface area contributed by atoms with Crippen molar-refractivity contribution in [3.8, 4) is 22.4 Å². The minimum Gasteiger partial charge on any atom is -0.481 e. The Labute approximate surface area is 254 Å². The molecule has 3 aliphatic rings. The van der Waals surface area contributed by atoms with E-state index >= 15 is 0 Å². The first kappa shape index (κ1) is 29.2. The van der Waals surface area contributed by atoms with E-state index in [2.05, 4.69) is 4.98 Å². The summed E-state index contributed by atoms with van der Waals surface area (Å²) in [6.07, 6.45) is 11.6. The van der Waals surface area contributed by atoms with Crippen LogP contribution in [0.3, 0.4) is 0 Å². The first-order valence-corrected chi connectivity index (χ1v) is 16.0. The number of carboxylic acids is 1. The lowest BCUT2D eigenvalue weighted by Gasteiger charge is -2.37. The number of carboxylic acid groups (broad SMARTS) is 1. The number of pyridine rings is 1. The van der Waals surface area contributed by atoms with Gasteiger partial charge in [-0.25, -0.2) is 9.97 Å². The molecule has 10 heteroatoms. The van der Waals surface area contributed by atoms with Crippen molar-refractivity contribution in [2.24, 2.45) is 17.8 Å². The summed E-state index contributed by atoms with van der Waals surface area (Å²) in [5.74, 6) is -0.979. The van der Waals surface area contributed by atoms with Crippen LogP contribution in [0.5, 0.6) is 0 Å². The van der Waals surface area contributed by atoms with Crippen molar-refractivity contribution < 1.29 is 24.6 Å². The highest BCUT2D eigenvalue weighted by Crippen LogP contribution is 2.42. The molecule has 3 aromatic rings. The molecule has 9 nitrogen and oxygen atoms in total. The quantitative estimate of drug-likeness (QED) is 0.325. The summed E-state index contributed by atoms with van der Waals surface area (Å²) >= 11 is 1.31. The summed E-state index contributed by atoms with van der Waals surface area (Å²) in [7, 11) is 0. The molecule has 1 aliphatic carbocycles. The first-order valence-electron chi connectivity index (χ1n) is 15.1. The second-order valence-electron chi connectivity index (χ2n) is 11.6. The molecular formula is C33H36N4O5S. The molecule has 0 bridgehead atoms. The lowest BCUT2D eigenvalue weighted by Crippen LogP contribution is -2.48. The molecule has 2 amide bonds. The van der Waals surface area contributed by atoms with Crippen LogP contribution in [0.1, 0.15) is 51.4 Å². The van der Waals surface area contributed by atoms with Crippen LogP contribution >= 0.6 is 11.3 Å². The third-order valence-corrected chi connectivity index (χ3v) is 9.91. The minimum absolute atomic E-state index is 0.0593. The maximum atomic E-state index is 14.2. The zero-order valence-corrected chi connectivity index (χ0v) is 24.8. The standard InChI is InChI=1S/C33H36N4O5S/c38-19-23-9-5-12-24(21-7-1-2-8-21)27(17-31(40)41)32(42)37(23)33-35-28(20-43-33)26-11-4-3-10-25(26)22-14-15-29(34-18-22)36-16-6-13-30(36)39/h3-5,9-11,14-15,18,20-21,23-24,27,38H,1-2,6-8,12-13,16-17,19H2,(H,40,41)/t23-,24+,27+/m1/s1. The average Bonchev–Trinajstić information content (AvgIpc) is 3.80. The number of anilines is 2. The highest BCUT2D eigenvalue weighted by Gasteiger charge is 2.42. The number of hydrogen-bond acceptors (Lipinski definition) is 7. The van der Waals surface area contributed by atoms with Crippen molar-refractivity contribution in [2.75, 3.05) is 23.0 Å². The number of hydrogen-bond donors (Lipinski definition) is 2. The molecular weight excluding hydrogens is 564 g/mol. The monoisotopic (exact) mass is 600 g/mol. The van der Waals surface area contributed by atoms with Crippen molar-refractivity contribution in [1.29, 1.82) is 0 Å². The summed E-state index contributed by atoms with van der Waals surface area (Å²) in [5, 5.41) is 22.4. The van der Waals surface area contributed by atoms with Gasteiger partial charge in [0.25, 0.3) is 0 Å². The fourth-order valence-corrected chi connectivity index (χ4v) is 7.82. The third kappa shape index (κ3) is 5.99. The zero-order chi connectivity index (χ0) is 29.9. The Hall–Kier alpha value is -3.89. The minimum atomic E-state index is -0.992. The van der Waals surface area contributed by atoms with Crippen molar-refractivity contribution >= 4 is 40.1 Å². The molecule has 0 unspecified atom stereocenters. The molecule has 2 fully saturated rings. The largest absolute Gasteiger partial charge is 0.481 e. The second-order valence-corrected chi connectivity index (χ2v) is 12.5. The number of aromatic nitrogens is 2. The van der Waals surface area contributed by atoms with E-state index in [9.17, 15) is 24.6 Å². The molecule has 6 rings (SSSR count). The van der Waals surface area contributed by atoms with Gasteiger partial charge in [0, 0.05) is 35.7 Å². The number of rotatable bonds is 8. The van der Waals surface area contributed by atoms with E-state index in [0.717, 1.165) is 48.8 Å². The number of allylic oxidation sites excluding steroid dienone is 1. The number of carbonyl (C=O) groups excluding carboxylic acids is 2. The van der Waals surface area contributed by atoms with Gasteiger partial charge in [0.05, 0.1) is 30.7 Å². The molecule has 2 N–H and O–H groups in total. The predicted molar refractivity (Wildman–Crippen MR) is 166 cm³/mol. The number of thiazole rings is 1. The van der Waals surface area contributed by atoms with Crippen LogP contribution in [-0.4, -0.2) is 57.2 Å². The molecule has 4 heterocycles. The summed E-state index contributed by atoms with van der Waals surface area (Å²) in [6.45, 7) is 0.385. The van der Waals surface area contributed by atoms with Gasteiger partial charge in [0.15, 0.2) is 5.13 Å². The van der Waals surface area contributed by atoms with Gasteiger partial charge in [-0.1, -0.05) is 62.1 Å². The summed E-state index contributed by atoms with van der Waals surface area (Å²) < 4.78 is 0. The number of amides is 2. The Morgan fingerprint density at radius 3 is 2.51 bits per heavy atom. The van der Waals surface area contributed by atoms with Crippen LogP contribution < -0.4 is 9.80 Å². The van der Waals surface area contributed by atoms with Gasteiger partial charge in [0.2, 0.25) is 11.8 Å². The van der Waals surface area contributed by atoms with Gasteiger partial charge in [-0.3, -0.25) is 24.2 Å². The Bertz CT molecular complexity index is 1510. The number of carbonyl (C=O) groups is 3. The molecule has 224 valence electrons. The van der Waals surface area contributed by atoms with Crippen molar-refractivity contribution in [3.63, 3.8) is 0 Å². The summed E-state index contributed by atoms with van der Waals surface area (Å²) in [6, 6.07) is 11.0. The molecule has 0 radical (unpaired) electrons. The van der Waals surface area contributed by atoms with E-state index in [1.165, 1.54) is 16.2 Å². The van der Waals surface area contributed by atoms with Crippen LogP contribution in [0.4, 0.5) is 10.9 Å². The predicted octanol–water partition coefficient (Wildman–Crippen LogP) is 5.55. The zero-order valence-electron chi connectivity index (χ0n) is 24.0. The number of nitrogens with zero attached hydrogens (tertiary/aromatic N) is 4. The lowest BCUT2D eigenvalue weighted by atomic mass is 9.75. The average molecular weight is 601 g/mol. The lowest BCUT2D eigenvalue weighted by molar-refractivity contribution is -0.142. The van der Waals surface area contributed by atoms with E-state index in [0.29, 0.717) is 41.9 Å². The second kappa shape index (κ2) is 12.8. The SMILES string of the molecule is O=C(O)C[C@@H]1C(=O)N(c2nc(-c3ccccc3-c3ccc(N4CCCC4=O)nc3)cs2)[C@@H](CO)C=CC[C@H]1C1CCCC1. The van der Waals surface area contributed by atoms with E-state index in [-0.39, 0.29) is 30.8 Å². The van der Waals surface area contributed by atoms with Crippen molar-refractivity contribution in [1.82, 2.24) is 9.97 Å². The van der Waals surface area contributed by atoms with Gasteiger partial charge < -0.3 is 10.2 Å². The molecule has 2 aromatic heterocycles. The van der Waals surface area contributed by atoms with Crippen molar-refractivity contribution in [3.05, 3.63) is 60.1 Å². The van der Waals surface area contributed by atoms with Gasteiger partial charge in [0.1, 0.15) is 5.82 Å². The van der Waals surface area contributed by atoms with E-state index in [4.69, 9.17) is 4.98 Å². The van der Waals surface area contributed by atoms with Crippen LogP contribution in [0.15, 0.2) is 60.1 Å². The maximum absolute atomic E-state index is 14.2. The van der Waals surface area contributed by atoms with E-state index in [1.54, 1.807) is 11.1 Å².